The van der Waals surface area contributed by atoms with E-state index in [0.29, 0.717) is 50.4 Å². The Labute approximate surface area is 404 Å². The van der Waals surface area contributed by atoms with Crippen LogP contribution in [0.2, 0.25) is 0 Å². The fourth-order valence-electron chi connectivity index (χ4n) is 8.50. The topological polar surface area (TPSA) is 153 Å². The second kappa shape index (κ2) is 19.1. The molecule has 0 saturated heterocycles. The van der Waals surface area contributed by atoms with E-state index in [0.717, 1.165) is 22.3 Å². The Morgan fingerprint density at radius 1 is 0.565 bits per heavy atom. The lowest BCUT2D eigenvalue weighted by atomic mass is 9.61. The molecule has 14 nitrogen and oxygen atoms in total. The summed E-state index contributed by atoms with van der Waals surface area (Å²) in [7, 11) is -2.06. The van der Waals surface area contributed by atoms with Crippen molar-refractivity contribution >= 4 is 72.6 Å². The van der Waals surface area contributed by atoms with E-state index >= 15 is 0 Å². The average Bonchev–Trinajstić information content (AvgIpc) is 3.31. The monoisotopic (exact) mass is 919 g/mol. The largest absolute Gasteiger partial charge is 0.462 e. The minimum atomic E-state index is -1.04. The van der Waals surface area contributed by atoms with E-state index in [9.17, 15) is 19.2 Å². The highest BCUT2D eigenvalue weighted by Crippen LogP contribution is 2.26. The van der Waals surface area contributed by atoms with E-state index in [1.54, 1.807) is 94.2 Å². The van der Waals surface area contributed by atoms with Gasteiger partial charge in [0, 0.05) is 40.2 Å². The summed E-state index contributed by atoms with van der Waals surface area (Å²) in [4.78, 5) is 71.3. The van der Waals surface area contributed by atoms with E-state index in [-0.39, 0.29) is 29.7 Å². The SMILES string of the molecule is Cc1cc(C)cc(C(=O)N(CC(=O)c2ccc3c(c2)B(OB2c4cc(C(=O)NN(C(=O)c5cc(C)cc(C)c5)C(C)(C)C)ccc4C=NN2c2ccccn2)N(c2ccccn2)N=C3)C(C)(C)C)c1. The van der Waals surface area contributed by atoms with Crippen molar-refractivity contribution in [3.63, 3.8) is 0 Å². The number of anilines is 2. The van der Waals surface area contributed by atoms with Crippen LogP contribution in [0.5, 0.6) is 0 Å². The summed E-state index contributed by atoms with van der Waals surface area (Å²) >= 11 is 0. The van der Waals surface area contributed by atoms with Gasteiger partial charge in [-0.25, -0.2) is 15.0 Å². The Hall–Kier alpha value is -7.71. The number of fused-ring (bicyclic) bond motifs is 2. The summed E-state index contributed by atoms with van der Waals surface area (Å²) in [6.45, 7) is 18.9. The van der Waals surface area contributed by atoms with Crippen LogP contribution >= 0.6 is 0 Å². The van der Waals surface area contributed by atoms with Crippen molar-refractivity contribution in [3.05, 3.63) is 177 Å². The van der Waals surface area contributed by atoms with Crippen molar-refractivity contribution in [2.75, 3.05) is 16.4 Å². The predicted molar refractivity (Wildman–Crippen MR) is 274 cm³/mol. The molecule has 3 amide bonds. The molecule has 0 atom stereocenters. The third-order valence-electron chi connectivity index (χ3n) is 11.8. The maximum atomic E-state index is 14.5. The molecule has 6 aromatic rings. The number of Topliss-reactive ketones (excluding diaryl/α,β-unsaturated/α-hetero) is 1. The number of hydrazine groups is 1. The molecule has 8 rings (SSSR count). The number of hydrogen-bond donors (Lipinski definition) is 1. The highest BCUT2D eigenvalue weighted by atomic mass is 16.4. The molecule has 0 bridgehead atoms. The third-order valence-corrected chi connectivity index (χ3v) is 11.8. The lowest BCUT2D eigenvalue weighted by Gasteiger charge is -2.36. The molecule has 2 aromatic heterocycles. The van der Waals surface area contributed by atoms with Gasteiger partial charge in [0.1, 0.15) is 11.6 Å². The van der Waals surface area contributed by atoms with E-state index in [1.165, 1.54) is 5.01 Å². The van der Waals surface area contributed by atoms with E-state index in [4.69, 9.17) is 14.8 Å². The summed E-state index contributed by atoms with van der Waals surface area (Å²) in [5, 5.41) is 11.0. The van der Waals surface area contributed by atoms with Gasteiger partial charge >= 0.3 is 14.1 Å². The van der Waals surface area contributed by atoms with Crippen LogP contribution in [-0.2, 0) is 4.57 Å². The summed E-state index contributed by atoms with van der Waals surface area (Å²) in [5.74, 6) is -0.448. The van der Waals surface area contributed by atoms with Gasteiger partial charge in [0.2, 0.25) is 0 Å². The molecule has 1 N–H and O–H groups in total. The van der Waals surface area contributed by atoms with Crippen LogP contribution in [0, 0.1) is 27.7 Å². The molecule has 69 heavy (non-hydrogen) atoms. The minimum absolute atomic E-state index is 0.177. The fourth-order valence-corrected chi connectivity index (χ4v) is 8.50. The first kappa shape index (κ1) is 47.8. The number of amides is 3. The highest BCUT2D eigenvalue weighted by Gasteiger charge is 2.44. The van der Waals surface area contributed by atoms with Gasteiger partial charge in [0.25, 0.3) is 17.7 Å². The number of pyridine rings is 2. The number of aryl methyl sites for hydroxylation is 4. The van der Waals surface area contributed by atoms with Gasteiger partial charge in [-0.1, -0.05) is 70.8 Å². The Kier molecular flexibility index (Phi) is 13.2. The van der Waals surface area contributed by atoms with Crippen LogP contribution in [0.1, 0.15) is 116 Å². The Morgan fingerprint density at radius 2 is 1.03 bits per heavy atom. The zero-order valence-electron chi connectivity index (χ0n) is 40.7. The van der Waals surface area contributed by atoms with Gasteiger partial charge in [-0.3, -0.25) is 34.4 Å². The van der Waals surface area contributed by atoms with Crippen LogP contribution in [0.25, 0.3) is 0 Å². The van der Waals surface area contributed by atoms with E-state index < -0.39 is 31.1 Å². The number of nitrogens with one attached hydrogen (secondary N) is 1. The quantitative estimate of drug-likeness (QED) is 0.0852. The second-order valence-corrected chi connectivity index (χ2v) is 19.6. The first-order valence-corrected chi connectivity index (χ1v) is 22.8. The van der Waals surface area contributed by atoms with Gasteiger partial charge in [0.15, 0.2) is 5.78 Å². The van der Waals surface area contributed by atoms with Gasteiger partial charge in [-0.2, -0.15) is 10.2 Å². The van der Waals surface area contributed by atoms with Gasteiger partial charge in [-0.05, 0) is 152 Å². The number of ketones is 1. The Balaban J connectivity index is 1.18. The number of hydrazone groups is 2. The van der Waals surface area contributed by atoms with Gasteiger partial charge in [-0.15, -0.1) is 0 Å². The standard InChI is InChI=1S/C53H55B2N9O5/c1-34-23-35(2)26-42(25-34)50(67)61(52(5,6)7)33-46(65)38-17-19-40-31-58-63(47-15-11-13-21-56-47)54(44(40)29-38)69-55-45-30-39(18-20-41(45)32-59-64(55)48-16-12-14-22-57-48)49(66)60-62(53(8,9)10)51(68)43-27-36(3)24-37(4)28-43/h11-32H,33H2,1-10H3,(H,60,66). The molecule has 4 aromatic carbocycles. The number of aromatic nitrogens is 2. The maximum Gasteiger partial charge on any atom is 0.462 e. The number of benzene rings is 4. The number of rotatable bonds is 10. The molecule has 16 heteroatoms. The van der Waals surface area contributed by atoms with Gasteiger partial charge < -0.3 is 9.47 Å². The Morgan fingerprint density at radius 3 is 1.48 bits per heavy atom. The number of nitrogens with zero attached hydrogens (tertiary/aromatic N) is 8. The summed E-state index contributed by atoms with van der Waals surface area (Å²) in [6.07, 6.45) is 6.67. The average molecular weight is 920 g/mol. The van der Waals surface area contributed by atoms with Crippen molar-refractivity contribution in [1.29, 1.82) is 0 Å². The van der Waals surface area contributed by atoms with Crippen LogP contribution < -0.4 is 26.2 Å². The number of hydrogen-bond acceptors (Lipinski definition) is 11. The molecular weight excluding hydrogens is 864 g/mol. The zero-order valence-corrected chi connectivity index (χ0v) is 40.7. The molecule has 2 aliphatic rings. The lowest BCUT2D eigenvalue weighted by molar-refractivity contribution is 0.0358. The molecule has 2 aliphatic heterocycles. The third kappa shape index (κ3) is 10.4. The predicted octanol–water partition coefficient (Wildman–Crippen LogP) is 7.23. The maximum absolute atomic E-state index is 14.5. The Bertz CT molecular complexity index is 2780. The highest BCUT2D eigenvalue weighted by molar-refractivity contribution is 6.85. The second-order valence-electron chi connectivity index (χ2n) is 19.6. The van der Waals surface area contributed by atoms with E-state index in [1.807, 2.05) is 124 Å². The smallest absolute Gasteiger partial charge is 0.452 e. The van der Waals surface area contributed by atoms with Crippen molar-refractivity contribution in [1.82, 2.24) is 25.3 Å². The molecule has 348 valence electrons. The minimum Gasteiger partial charge on any atom is -0.452 e. The summed E-state index contributed by atoms with van der Waals surface area (Å²) < 4.78 is 7.27. The van der Waals surface area contributed by atoms with E-state index in [2.05, 4.69) is 15.4 Å². The summed E-state index contributed by atoms with van der Waals surface area (Å²) in [5.41, 5.74) is 9.34. The van der Waals surface area contributed by atoms with Crippen LogP contribution in [0.4, 0.5) is 11.6 Å². The molecule has 0 spiro atoms. The van der Waals surface area contributed by atoms with Gasteiger partial charge in [0.05, 0.1) is 24.5 Å². The normalized spacial score (nSPS) is 13.2. The fraction of sp³-hybridized carbons (Fsp3) is 0.245. The van der Waals surface area contributed by atoms with Crippen molar-refractivity contribution < 1.29 is 23.8 Å². The molecule has 0 saturated carbocycles. The molecule has 4 heterocycles. The molecule has 0 aliphatic carbocycles. The lowest BCUT2D eigenvalue weighted by Crippen LogP contribution is -2.62. The van der Waals surface area contributed by atoms with Crippen molar-refractivity contribution in [3.8, 4) is 0 Å². The molecule has 0 radical (unpaired) electrons. The summed E-state index contributed by atoms with van der Waals surface area (Å²) in [6, 6.07) is 32.7. The van der Waals surface area contributed by atoms with Crippen LogP contribution in [-0.4, -0.2) is 87.5 Å². The molecule has 0 fully saturated rings. The molecule has 0 unspecified atom stereocenters. The first-order valence-electron chi connectivity index (χ1n) is 22.8. The molecular formula is C53H55B2N9O5. The van der Waals surface area contributed by atoms with Crippen molar-refractivity contribution in [2.45, 2.75) is 80.3 Å². The number of carbonyl (C=O) groups excluding carboxylic acids is 4. The first-order chi connectivity index (χ1) is 32.7. The number of carbonyl (C=O) groups is 4. The van der Waals surface area contributed by atoms with Crippen LogP contribution in [0.15, 0.2) is 132 Å². The zero-order chi connectivity index (χ0) is 49.4. The van der Waals surface area contributed by atoms with Crippen LogP contribution in [0.3, 0.4) is 0 Å². The van der Waals surface area contributed by atoms with Crippen molar-refractivity contribution in [2.24, 2.45) is 10.2 Å².